The summed E-state index contributed by atoms with van der Waals surface area (Å²) in [5, 5.41) is 9.09. The average Bonchev–Trinajstić information content (AvgIpc) is 2.77. The van der Waals surface area contributed by atoms with Crippen molar-refractivity contribution in [1.29, 1.82) is 0 Å². The van der Waals surface area contributed by atoms with Crippen LogP contribution in [0.2, 0.25) is 0 Å². The van der Waals surface area contributed by atoms with Gasteiger partial charge in [0.2, 0.25) is 0 Å². The fourth-order valence-corrected chi connectivity index (χ4v) is 3.04. The SMILES string of the molecule is O=C(Nc1ccc(Nc2ccc(Nc3ccccc3)cc2)cc1)c1c(F)cccc1F. The third kappa shape index (κ3) is 5.05. The Hall–Kier alpha value is -4.19. The van der Waals surface area contributed by atoms with Gasteiger partial charge in [0.05, 0.1) is 0 Å². The van der Waals surface area contributed by atoms with E-state index in [0.717, 1.165) is 34.9 Å². The lowest BCUT2D eigenvalue weighted by atomic mass is 10.1. The number of carbonyl (C=O) groups excluding carboxylic acids is 1. The van der Waals surface area contributed by atoms with Crippen molar-refractivity contribution in [2.24, 2.45) is 0 Å². The first kappa shape index (κ1) is 20.1. The average molecular weight is 415 g/mol. The molecule has 1 amide bonds. The molecule has 0 spiro atoms. The summed E-state index contributed by atoms with van der Waals surface area (Å²) in [6.45, 7) is 0. The second kappa shape index (κ2) is 9.09. The summed E-state index contributed by atoms with van der Waals surface area (Å²) in [5.41, 5.74) is 3.50. The third-order valence-corrected chi connectivity index (χ3v) is 4.57. The summed E-state index contributed by atoms with van der Waals surface area (Å²) in [7, 11) is 0. The van der Waals surface area contributed by atoms with Crippen LogP contribution in [0.5, 0.6) is 0 Å². The van der Waals surface area contributed by atoms with Gasteiger partial charge in [0, 0.05) is 28.4 Å². The van der Waals surface area contributed by atoms with Gasteiger partial charge < -0.3 is 16.0 Å². The first-order valence-corrected chi connectivity index (χ1v) is 9.63. The van der Waals surface area contributed by atoms with Gasteiger partial charge in [-0.25, -0.2) is 8.78 Å². The Kier molecular flexibility index (Phi) is 5.89. The van der Waals surface area contributed by atoms with Crippen LogP contribution >= 0.6 is 0 Å². The lowest BCUT2D eigenvalue weighted by Gasteiger charge is -2.11. The Labute approximate surface area is 178 Å². The Balaban J connectivity index is 1.38. The standard InChI is InChI=1S/C25H19F2N3O/c26-22-7-4-8-23(27)24(22)25(31)30-21-15-13-20(14-16-21)29-19-11-9-18(10-12-19)28-17-5-2-1-3-6-17/h1-16,28-29H,(H,30,31). The topological polar surface area (TPSA) is 53.2 Å². The summed E-state index contributed by atoms with van der Waals surface area (Å²) in [6, 6.07) is 27.9. The molecule has 0 atom stereocenters. The van der Waals surface area contributed by atoms with E-state index in [1.54, 1.807) is 24.3 Å². The highest BCUT2D eigenvalue weighted by Gasteiger charge is 2.16. The predicted molar refractivity (Wildman–Crippen MR) is 120 cm³/mol. The Morgan fingerprint density at radius 1 is 0.516 bits per heavy atom. The summed E-state index contributed by atoms with van der Waals surface area (Å²) < 4.78 is 27.5. The quantitative estimate of drug-likeness (QED) is 0.328. The zero-order valence-electron chi connectivity index (χ0n) is 16.4. The molecule has 0 unspecified atom stereocenters. The highest BCUT2D eigenvalue weighted by molar-refractivity contribution is 6.04. The van der Waals surface area contributed by atoms with Crippen LogP contribution in [0.4, 0.5) is 37.2 Å². The number of amides is 1. The molecule has 0 bridgehead atoms. The molecule has 154 valence electrons. The van der Waals surface area contributed by atoms with E-state index in [1.807, 2.05) is 54.6 Å². The monoisotopic (exact) mass is 415 g/mol. The lowest BCUT2D eigenvalue weighted by molar-refractivity contribution is 0.101. The number of rotatable bonds is 6. The molecule has 3 N–H and O–H groups in total. The fourth-order valence-electron chi connectivity index (χ4n) is 3.04. The van der Waals surface area contributed by atoms with E-state index in [0.29, 0.717) is 5.69 Å². The van der Waals surface area contributed by atoms with Crippen LogP contribution in [0.15, 0.2) is 97.1 Å². The van der Waals surface area contributed by atoms with Crippen molar-refractivity contribution in [3.8, 4) is 0 Å². The van der Waals surface area contributed by atoms with Crippen LogP contribution in [0.3, 0.4) is 0 Å². The fraction of sp³-hybridized carbons (Fsp3) is 0. The molecule has 0 aliphatic heterocycles. The summed E-state index contributed by atoms with van der Waals surface area (Å²) in [6.07, 6.45) is 0. The molecule has 0 radical (unpaired) electrons. The molecule has 0 fully saturated rings. The molecule has 0 saturated heterocycles. The minimum Gasteiger partial charge on any atom is -0.356 e. The lowest BCUT2D eigenvalue weighted by Crippen LogP contribution is -2.15. The molecular formula is C25H19F2N3O. The molecule has 0 aromatic heterocycles. The molecule has 4 aromatic rings. The van der Waals surface area contributed by atoms with Crippen molar-refractivity contribution in [2.75, 3.05) is 16.0 Å². The maximum absolute atomic E-state index is 13.7. The Morgan fingerprint density at radius 2 is 0.935 bits per heavy atom. The molecule has 0 aliphatic carbocycles. The number of nitrogens with one attached hydrogen (secondary N) is 3. The second-order valence-electron chi connectivity index (χ2n) is 6.82. The van der Waals surface area contributed by atoms with Gasteiger partial charge in [0.15, 0.2) is 0 Å². The zero-order valence-corrected chi connectivity index (χ0v) is 16.4. The number of halogens is 2. The number of hydrogen-bond donors (Lipinski definition) is 3. The maximum atomic E-state index is 13.7. The molecular weight excluding hydrogens is 396 g/mol. The van der Waals surface area contributed by atoms with E-state index < -0.39 is 23.1 Å². The molecule has 31 heavy (non-hydrogen) atoms. The molecule has 6 heteroatoms. The van der Waals surface area contributed by atoms with E-state index >= 15 is 0 Å². The van der Waals surface area contributed by atoms with Crippen LogP contribution in [0.25, 0.3) is 0 Å². The molecule has 0 heterocycles. The van der Waals surface area contributed by atoms with Gasteiger partial charge in [-0.2, -0.15) is 0 Å². The van der Waals surface area contributed by atoms with Gasteiger partial charge in [-0.05, 0) is 72.8 Å². The zero-order chi connectivity index (χ0) is 21.6. The molecule has 4 rings (SSSR count). The Morgan fingerprint density at radius 3 is 1.42 bits per heavy atom. The van der Waals surface area contributed by atoms with Crippen LogP contribution in [-0.4, -0.2) is 5.91 Å². The van der Waals surface area contributed by atoms with E-state index in [-0.39, 0.29) is 0 Å². The smallest absolute Gasteiger partial charge is 0.261 e. The summed E-state index contributed by atoms with van der Waals surface area (Å²) >= 11 is 0. The largest absolute Gasteiger partial charge is 0.356 e. The number of benzene rings is 4. The predicted octanol–water partition coefficient (Wildman–Crippen LogP) is 6.70. The van der Waals surface area contributed by atoms with Crippen molar-refractivity contribution < 1.29 is 13.6 Å². The van der Waals surface area contributed by atoms with Crippen LogP contribution < -0.4 is 16.0 Å². The van der Waals surface area contributed by atoms with Gasteiger partial charge >= 0.3 is 0 Å². The van der Waals surface area contributed by atoms with Gasteiger partial charge in [0.1, 0.15) is 17.2 Å². The van der Waals surface area contributed by atoms with Crippen molar-refractivity contribution >= 4 is 34.3 Å². The number of hydrogen-bond acceptors (Lipinski definition) is 3. The Bertz CT molecular complexity index is 1160. The van der Waals surface area contributed by atoms with Crippen molar-refractivity contribution in [3.05, 3.63) is 114 Å². The van der Waals surface area contributed by atoms with Crippen LogP contribution in [0.1, 0.15) is 10.4 Å². The minimum atomic E-state index is -0.902. The normalized spacial score (nSPS) is 10.4. The molecule has 4 nitrogen and oxygen atoms in total. The van der Waals surface area contributed by atoms with Gasteiger partial charge in [-0.1, -0.05) is 24.3 Å². The molecule has 0 saturated carbocycles. The van der Waals surface area contributed by atoms with E-state index in [4.69, 9.17) is 0 Å². The number of para-hydroxylation sites is 1. The second-order valence-corrected chi connectivity index (χ2v) is 6.82. The van der Waals surface area contributed by atoms with E-state index in [2.05, 4.69) is 16.0 Å². The number of anilines is 5. The first-order valence-electron chi connectivity index (χ1n) is 9.63. The maximum Gasteiger partial charge on any atom is 0.261 e. The van der Waals surface area contributed by atoms with Gasteiger partial charge in [-0.3, -0.25) is 4.79 Å². The van der Waals surface area contributed by atoms with E-state index in [1.165, 1.54) is 6.07 Å². The highest BCUT2D eigenvalue weighted by atomic mass is 19.1. The van der Waals surface area contributed by atoms with Crippen molar-refractivity contribution in [2.45, 2.75) is 0 Å². The van der Waals surface area contributed by atoms with E-state index in [9.17, 15) is 13.6 Å². The number of carbonyl (C=O) groups is 1. The first-order chi connectivity index (χ1) is 15.1. The summed E-state index contributed by atoms with van der Waals surface area (Å²) in [5.74, 6) is -2.64. The van der Waals surface area contributed by atoms with Crippen LogP contribution in [0, 0.1) is 11.6 Å². The molecule has 4 aromatic carbocycles. The molecule has 0 aliphatic rings. The van der Waals surface area contributed by atoms with Crippen LogP contribution in [-0.2, 0) is 0 Å². The van der Waals surface area contributed by atoms with Gasteiger partial charge in [-0.15, -0.1) is 0 Å². The highest BCUT2D eigenvalue weighted by Crippen LogP contribution is 2.23. The third-order valence-electron chi connectivity index (χ3n) is 4.57. The minimum absolute atomic E-state index is 0.431. The van der Waals surface area contributed by atoms with Gasteiger partial charge in [0.25, 0.3) is 5.91 Å². The summed E-state index contributed by atoms with van der Waals surface area (Å²) in [4.78, 5) is 12.2. The van der Waals surface area contributed by atoms with Crippen molar-refractivity contribution in [3.63, 3.8) is 0 Å². The van der Waals surface area contributed by atoms with Crippen molar-refractivity contribution in [1.82, 2.24) is 0 Å².